The molecule has 0 aliphatic heterocycles. The van der Waals surface area contributed by atoms with E-state index in [2.05, 4.69) is 387 Å². The number of rotatable bonds is 15. The summed E-state index contributed by atoms with van der Waals surface area (Å²) in [6.45, 7) is 0. The van der Waals surface area contributed by atoms with E-state index in [9.17, 15) is 0 Å². The lowest BCUT2D eigenvalue weighted by molar-refractivity contribution is 1.05. The molecule has 0 N–H and O–H groups in total. The molecule has 0 unspecified atom stereocenters. The van der Waals surface area contributed by atoms with Crippen LogP contribution in [0.25, 0.3) is 94.8 Å². The van der Waals surface area contributed by atoms with Crippen LogP contribution in [-0.4, -0.2) is 14.5 Å². The number of para-hydroxylation sites is 2. The van der Waals surface area contributed by atoms with Gasteiger partial charge in [-0.15, -0.1) is 20.1 Å². The smallest absolute Gasteiger partial charge is 0.162 e. The van der Waals surface area contributed by atoms with Crippen molar-refractivity contribution in [3.8, 4) is 73.0 Å². The SMILES string of the molecule is c1ccc(-c2cccc(S(c3ccccc3)(c3cccc(-c4ccccc4)c3)c3cc(-c4cc(-n5c6ccccc6c6ccccc65)nc(-c5ccccc5)n4)cc(S(c4ccccc4)(c4cccc(-c5ccccc5)c4)c4cccc(-c5ccccc5)c4)c3)c2)cc1. The second-order valence-electron chi connectivity index (χ2n) is 23.3. The van der Waals surface area contributed by atoms with Gasteiger partial charge in [0.15, 0.2) is 5.82 Å². The van der Waals surface area contributed by atoms with Crippen LogP contribution in [0.1, 0.15) is 0 Å². The molecule has 16 aromatic rings. The van der Waals surface area contributed by atoms with E-state index in [4.69, 9.17) is 9.97 Å². The summed E-state index contributed by atoms with van der Waals surface area (Å²) in [6.07, 6.45) is 0. The highest BCUT2D eigenvalue weighted by atomic mass is 32.3. The molecule has 2 aromatic heterocycles. The van der Waals surface area contributed by atoms with Crippen molar-refractivity contribution in [2.45, 2.75) is 39.2 Å². The fourth-order valence-corrected chi connectivity index (χ4v) is 21.6. The summed E-state index contributed by atoms with van der Waals surface area (Å²) in [6, 6.07) is 141. The second-order valence-corrected chi connectivity index (χ2v) is 29.5. The summed E-state index contributed by atoms with van der Waals surface area (Å²) in [7, 11) is -5.09. The molecule has 0 aliphatic carbocycles. The average Bonchev–Trinajstić information content (AvgIpc) is 1.87. The lowest BCUT2D eigenvalue weighted by Gasteiger charge is -2.46. The highest BCUT2D eigenvalue weighted by Gasteiger charge is 2.40. The van der Waals surface area contributed by atoms with Gasteiger partial charge in [-0.05, 0) is 148 Å². The topological polar surface area (TPSA) is 30.7 Å². The van der Waals surface area contributed by atoms with Crippen molar-refractivity contribution < 1.29 is 0 Å². The molecule has 0 saturated carbocycles. The zero-order chi connectivity index (χ0) is 62.0. The third-order valence-electron chi connectivity index (χ3n) is 17.8. The van der Waals surface area contributed by atoms with Gasteiger partial charge >= 0.3 is 0 Å². The van der Waals surface area contributed by atoms with Crippen LogP contribution < -0.4 is 0 Å². The van der Waals surface area contributed by atoms with Gasteiger partial charge in [0.25, 0.3) is 0 Å². The summed E-state index contributed by atoms with van der Waals surface area (Å²) in [4.78, 5) is 21.0. The molecule has 3 nitrogen and oxygen atoms in total. The minimum Gasteiger partial charge on any atom is -0.294 e. The van der Waals surface area contributed by atoms with Crippen molar-refractivity contribution in [1.29, 1.82) is 0 Å². The van der Waals surface area contributed by atoms with E-state index in [0.717, 1.165) is 89.0 Å². The van der Waals surface area contributed by atoms with Crippen LogP contribution in [0.3, 0.4) is 0 Å². The Bertz CT molecular complexity index is 4860. The summed E-state index contributed by atoms with van der Waals surface area (Å²) in [5, 5.41) is 2.33. The number of aromatic nitrogens is 3. The zero-order valence-electron chi connectivity index (χ0n) is 51.0. The maximum absolute atomic E-state index is 5.84. The van der Waals surface area contributed by atoms with Crippen molar-refractivity contribution in [2.24, 2.45) is 0 Å². The molecule has 16 rings (SSSR count). The molecule has 0 spiro atoms. The van der Waals surface area contributed by atoms with Gasteiger partial charge in [0, 0.05) is 67.1 Å². The monoisotopic (exact) mass is 1230 g/mol. The van der Waals surface area contributed by atoms with Gasteiger partial charge in [0.05, 0.1) is 16.7 Å². The highest BCUT2D eigenvalue weighted by Crippen LogP contribution is 2.78. The lowest BCUT2D eigenvalue weighted by Crippen LogP contribution is -2.10. The average molecular weight is 1230 g/mol. The van der Waals surface area contributed by atoms with E-state index in [-0.39, 0.29) is 0 Å². The molecule has 442 valence electrons. The molecule has 0 bridgehead atoms. The number of nitrogens with zero attached hydrogens (tertiary/aromatic N) is 3. The van der Waals surface area contributed by atoms with Gasteiger partial charge in [-0.25, -0.2) is 9.97 Å². The summed E-state index contributed by atoms with van der Waals surface area (Å²) < 4.78 is 2.33. The van der Waals surface area contributed by atoms with E-state index in [1.165, 1.54) is 39.2 Å². The molecular weight excluding hydrogens is 1160 g/mol. The Hall–Kier alpha value is -11.3. The Morgan fingerprint density at radius 3 is 0.828 bits per heavy atom. The molecule has 5 heteroatoms. The van der Waals surface area contributed by atoms with E-state index < -0.39 is 20.1 Å². The lowest BCUT2D eigenvalue weighted by atomic mass is 10.1. The third-order valence-corrected chi connectivity index (χ3v) is 25.5. The normalized spacial score (nSPS) is 12.0. The van der Waals surface area contributed by atoms with Gasteiger partial charge < -0.3 is 0 Å². The minimum absolute atomic E-state index is 0.637. The van der Waals surface area contributed by atoms with Crippen molar-refractivity contribution >= 4 is 41.9 Å². The quantitative estimate of drug-likeness (QED) is 0.102. The van der Waals surface area contributed by atoms with Gasteiger partial charge in [-0.3, -0.25) is 4.57 Å². The molecule has 0 atom stereocenters. The molecule has 2 heterocycles. The number of hydrogen-bond acceptors (Lipinski definition) is 2. The van der Waals surface area contributed by atoms with Gasteiger partial charge in [-0.2, -0.15) is 0 Å². The van der Waals surface area contributed by atoms with Crippen molar-refractivity contribution in [3.63, 3.8) is 0 Å². The van der Waals surface area contributed by atoms with Crippen molar-refractivity contribution in [3.05, 3.63) is 382 Å². The van der Waals surface area contributed by atoms with E-state index in [1.54, 1.807) is 0 Å². The first kappa shape index (κ1) is 56.9. The molecule has 0 radical (unpaired) electrons. The van der Waals surface area contributed by atoms with E-state index in [0.29, 0.717) is 5.82 Å². The maximum Gasteiger partial charge on any atom is 0.162 e. The standard InChI is InChI=1S/C88H63N3S2/c1-8-30-64(31-9-1)69-40-26-48-76(56-69)92(74-44-18-6-19-45-74,77-49-27-41-70(57-77)65-32-10-2-11-33-65)80-60-73(84-63-87(90-88(89-84)68-38-16-5-17-39-68)91-85-54-24-22-52-82(85)83-53-23-25-55-86(83)91)61-81(62-80)93(75-46-20-7-21-47-75,78-50-28-42-71(58-78)66-34-12-3-13-35-66)79-51-29-43-72(59-79)67-36-14-4-15-37-67/h1-63H. The van der Waals surface area contributed by atoms with Crippen LogP contribution in [0.15, 0.2) is 421 Å². The molecule has 93 heavy (non-hydrogen) atoms. The van der Waals surface area contributed by atoms with Crippen LogP contribution in [0.4, 0.5) is 0 Å². The highest BCUT2D eigenvalue weighted by molar-refractivity contribution is 8.34. The Balaban J connectivity index is 1.10. The second kappa shape index (κ2) is 24.8. The molecule has 0 saturated heterocycles. The van der Waals surface area contributed by atoms with Crippen molar-refractivity contribution in [1.82, 2.24) is 14.5 Å². The number of hydrogen-bond donors (Lipinski definition) is 0. The predicted octanol–water partition coefficient (Wildman–Crippen LogP) is 24.3. The fraction of sp³-hybridized carbons (Fsp3) is 0. The fourth-order valence-electron chi connectivity index (χ4n) is 13.5. The maximum atomic E-state index is 5.84. The first-order valence-corrected chi connectivity index (χ1v) is 34.8. The zero-order valence-corrected chi connectivity index (χ0v) is 52.7. The Morgan fingerprint density at radius 2 is 0.473 bits per heavy atom. The van der Waals surface area contributed by atoms with Crippen molar-refractivity contribution in [2.75, 3.05) is 0 Å². The Morgan fingerprint density at radius 1 is 0.194 bits per heavy atom. The van der Waals surface area contributed by atoms with Crippen LogP contribution in [0, 0.1) is 0 Å². The van der Waals surface area contributed by atoms with E-state index in [1.807, 2.05) is 0 Å². The van der Waals surface area contributed by atoms with Crippen LogP contribution in [0.2, 0.25) is 0 Å². The Kier molecular flexibility index (Phi) is 15.2. The molecule has 0 amide bonds. The molecular formula is C88H63N3S2. The minimum atomic E-state index is -2.54. The first-order chi connectivity index (χ1) is 46.1. The summed E-state index contributed by atoms with van der Waals surface area (Å²) >= 11 is 0. The molecule has 14 aromatic carbocycles. The predicted molar refractivity (Wildman–Crippen MR) is 389 cm³/mol. The van der Waals surface area contributed by atoms with Gasteiger partial charge in [0.1, 0.15) is 5.82 Å². The number of fused-ring (bicyclic) bond motifs is 3. The van der Waals surface area contributed by atoms with Crippen LogP contribution in [-0.2, 0) is 0 Å². The largest absolute Gasteiger partial charge is 0.294 e. The first-order valence-electron chi connectivity index (χ1n) is 31.6. The Labute approximate surface area is 547 Å². The molecule has 0 aliphatic rings. The van der Waals surface area contributed by atoms with Crippen LogP contribution >= 0.6 is 20.1 Å². The van der Waals surface area contributed by atoms with Gasteiger partial charge in [0.2, 0.25) is 0 Å². The van der Waals surface area contributed by atoms with Gasteiger partial charge in [-0.1, -0.05) is 273 Å². The van der Waals surface area contributed by atoms with E-state index >= 15 is 0 Å². The summed E-state index contributed by atoms with van der Waals surface area (Å²) in [5.74, 6) is 1.42. The molecule has 0 fully saturated rings. The number of benzene rings is 14. The van der Waals surface area contributed by atoms with Crippen LogP contribution in [0.5, 0.6) is 0 Å². The third kappa shape index (κ3) is 10.4. The summed E-state index contributed by atoms with van der Waals surface area (Å²) in [5.41, 5.74) is 14.1.